The molecule has 2 rings (SSSR count). The maximum atomic E-state index is 12.2. The van der Waals surface area contributed by atoms with E-state index in [0.717, 1.165) is 11.6 Å². The molecule has 23 heavy (non-hydrogen) atoms. The van der Waals surface area contributed by atoms with Crippen LogP contribution in [0.3, 0.4) is 0 Å². The van der Waals surface area contributed by atoms with Gasteiger partial charge in [-0.25, -0.2) is 0 Å². The molecule has 0 unspecified atom stereocenters. The smallest absolute Gasteiger partial charge is 0.259 e. The van der Waals surface area contributed by atoms with E-state index in [0.29, 0.717) is 11.3 Å². The van der Waals surface area contributed by atoms with Crippen LogP contribution in [0, 0.1) is 6.92 Å². The van der Waals surface area contributed by atoms with Gasteiger partial charge in [-0.15, -0.1) is 0 Å². The first-order valence-corrected chi connectivity index (χ1v) is 7.17. The Labute approximate surface area is 134 Å². The molecule has 0 spiro atoms. The van der Waals surface area contributed by atoms with Crippen LogP contribution in [0.25, 0.3) is 0 Å². The van der Waals surface area contributed by atoms with Gasteiger partial charge in [0.15, 0.2) is 11.6 Å². The van der Waals surface area contributed by atoms with Crippen LogP contribution in [-0.2, 0) is 9.59 Å². The first kappa shape index (κ1) is 16.4. The third kappa shape index (κ3) is 4.48. The molecule has 0 saturated heterocycles. The van der Waals surface area contributed by atoms with Crippen LogP contribution in [0.5, 0.6) is 0 Å². The molecule has 0 heterocycles. The fourth-order valence-corrected chi connectivity index (χ4v) is 1.98. The summed E-state index contributed by atoms with van der Waals surface area (Å²) in [7, 11) is 0. The Morgan fingerprint density at radius 3 is 2.09 bits per heavy atom. The summed E-state index contributed by atoms with van der Waals surface area (Å²) in [4.78, 5) is 36.2. The standard InChI is InChI=1S/C19H17NO3/c1-13-8-10-15(11-9-13)18(22)12-17(14(2)21)19(23)20-16-6-4-3-5-7-16/h3-12H,1-2H3,(H,20,23)/b17-12+. The van der Waals surface area contributed by atoms with Gasteiger partial charge in [0.25, 0.3) is 5.91 Å². The number of allylic oxidation sites excluding steroid dienone is 1. The van der Waals surface area contributed by atoms with Gasteiger partial charge < -0.3 is 5.32 Å². The number of carbonyl (C=O) groups is 3. The van der Waals surface area contributed by atoms with E-state index in [2.05, 4.69) is 5.32 Å². The lowest BCUT2D eigenvalue weighted by Gasteiger charge is -2.06. The molecule has 0 fully saturated rings. The van der Waals surface area contributed by atoms with Crippen molar-refractivity contribution in [3.8, 4) is 0 Å². The monoisotopic (exact) mass is 307 g/mol. The highest BCUT2D eigenvalue weighted by molar-refractivity contribution is 6.26. The molecule has 0 bridgehead atoms. The van der Waals surface area contributed by atoms with Crippen molar-refractivity contribution in [2.75, 3.05) is 5.32 Å². The van der Waals surface area contributed by atoms with Crippen LogP contribution in [0.4, 0.5) is 5.69 Å². The van der Waals surface area contributed by atoms with E-state index in [1.165, 1.54) is 6.92 Å². The van der Waals surface area contributed by atoms with Crippen LogP contribution in [0.2, 0.25) is 0 Å². The van der Waals surface area contributed by atoms with E-state index in [9.17, 15) is 14.4 Å². The first-order valence-electron chi connectivity index (χ1n) is 7.17. The number of amides is 1. The second-order valence-electron chi connectivity index (χ2n) is 5.16. The highest BCUT2D eigenvalue weighted by Crippen LogP contribution is 2.11. The number of benzene rings is 2. The Morgan fingerprint density at radius 1 is 0.913 bits per heavy atom. The molecule has 2 aromatic rings. The fourth-order valence-electron chi connectivity index (χ4n) is 1.98. The maximum absolute atomic E-state index is 12.2. The topological polar surface area (TPSA) is 63.2 Å². The van der Waals surface area contributed by atoms with Gasteiger partial charge in [-0.2, -0.15) is 0 Å². The predicted octanol–water partition coefficient (Wildman–Crippen LogP) is 3.33. The van der Waals surface area contributed by atoms with Crippen LogP contribution in [0.15, 0.2) is 66.2 Å². The van der Waals surface area contributed by atoms with E-state index >= 15 is 0 Å². The van der Waals surface area contributed by atoms with Crippen LogP contribution in [-0.4, -0.2) is 17.5 Å². The van der Waals surface area contributed by atoms with Crippen molar-refractivity contribution in [3.05, 3.63) is 77.4 Å². The molecule has 0 aliphatic rings. The minimum atomic E-state index is -0.593. The van der Waals surface area contributed by atoms with E-state index in [-0.39, 0.29) is 11.4 Å². The van der Waals surface area contributed by atoms with Crippen LogP contribution >= 0.6 is 0 Å². The highest BCUT2D eigenvalue weighted by Gasteiger charge is 2.17. The third-order valence-electron chi connectivity index (χ3n) is 3.27. The van der Waals surface area contributed by atoms with Crippen molar-refractivity contribution in [2.45, 2.75) is 13.8 Å². The van der Waals surface area contributed by atoms with Crippen LogP contribution in [0.1, 0.15) is 22.8 Å². The summed E-state index contributed by atoms with van der Waals surface area (Å²) in [6.07, 6.45) is 1.09. The van der Waals surface area contributed by atoms with Crippen LogP contribution < -0.4 is 5.32 Å². The van der Waals surface area contributed by atoms with Gasteiger partial charge >= 0.3 is 0 Å². The van der Waals surface area contributed by atoms with E-state index in [1.807, 2.05) is 13.0 Å². The van der Waals surface area contributed by atoms with Crippen molar-refractivity contribution < 1.29 is 14.4 Å². The van der Waals surface area contributed by atoms with E-state index in [4.69, 9.17) is 0 Å². The number of carbonyl (C=O) groups excluding carboxylic acids is 3. The molecule has 0 aliphatic heterocycles. The van der Waals surface area contributed by atoms with Crippen molar-refractivity contribution >= 4 is 23.2 Å². The lowest BCUT2D eigenvalue weighted by molar-refractivity contribution is -0.118. The summed E-state index contributed by atoms with van der Waals surface area (Å²) in [6.45, 7) is 3.18. The minimum Gasteiger partial charge on any atom is -0.322 e. The number of anilines is 1. The van der Waals surface area contributed by atoms with E-state index in [1.54, 1.807) is 48.5 Å². The number of hydrogen-bond donors (Lipinski definition) is 1. The second kappa shape index (κ2) is 7.31. The average molecular weight is 307 g/mol. The number of aryl methyl sites for hydroxylation is 1. The molecule has 0 atom stereocenters. The zero-order valence-electron chi connectivity index (χ0n) is 13.0. The molecule has 0 aromatic heterocycles. The van der Waals surface area contributed by atoms with Crippen molar-refractivity contribution in [1.82, 2.24) is 0 Å². The zero-order chi connectivity index (χ0) is 16.8. The molecule has 4 nitrogen and oxygen atoms in total. The summed E-state index contributed by atoms with van der Waals surface area (Å²) in [5, 5.41) is 2.61. The zero-order valence-corrected chi connectivity index (χ0v) is 13.0. The molecule has 1 N–H and O–H groups in total. The number of para-hydroxylation sites is 1. The van der Waals surface area contributed by atoms with Gasteiger partial charge in [-0.05, 0) is 26.0 Å². The van der Waals surface area contributed by atoms with Crippen molar-refractivity contribution in [1.29, 1.82) is 0 Å². The Kier molecular flexibility index (Phi) is 5.20. The van der Waals surface area contributed by atoms with Gasteiger partial charge in [-0.3, -0.25) is 14.4 Å². The average Bonchev–Trinajstić information content (AvgIpc) is 2.53. The first-order chi connectivity index (χ1) is 11.0. The largest absolute Gasteiger partial charge is 0.322 e. The number of nitrogens with one attached hydrogen (secondary N) is 1. The van der Waals surface area contributed by atoms with Gasteiger partial charge in [0, 0.05) is 17.3 Å². The molecular formula is C19H17NO3. The number of Topliss-reactive ketones (excluding diaryl/α,β-unsaturated/α-hetero) is 1. The molecule has 0 radical (unpaired) electrons. The Bertz CT molecular complexity index is 759. The summed E-state index contributed by atoms with van der Waals surface area (Å²) >= 11 is 0. The van der Waals surface area contributed by atoms with Gasteiger partial charge in [-0.1, -0.05) is 48.0 Å². The predicted molar refractivity (Wildman–Crippen MR) is 89.3 cm³/mol. The molecule has 0 saturated carbocycles. The van der Waals surface area contributed by atoms with Gasteiger partial charge in [0.2, 0.25) is 0 Å². The summed E-state index contributed by atoms with van der Waals surface area (Å²) in [5.41, 5.74) is 1.85. The number of ketones is 2. The molecular weight excluding hydrogens is 290 g/mol. The summed E-state index contributed by atoms with van der Waals surface area (Å²) < 4.78 is 0. The molecule has 4 heteroatoms. The van der Waals surface area contributed by atoms with Crippen molar-refractivity contribution in [2.24, 2.45) is 0 Å². The highest BCUT2D eigenvalue weighted by atomic mass is 16.2. The molecule has 116 valence electrons. The molecule has 0 aliphatic carbocycles. The SMILES string of the molecule is CC(=O)/C(=C\C(=O)c1ccc(C)cc1)C(=O)Nc1ccccc1. The summed E-state index contributed by atoms with van der Waals surface area (Å²) in [6, 6.07) is 15.7. The number of hydrogen-bond acceptors (Lipinski definition) is 3. The van der Waals surface area contributed by atoms with Gasteiger partial charge in [0.05, 0.1) is 5.57 Å². The number of rotatable bonds is 5. The normalized spacial score (nSPS) is 11.0. The maximum Gasteiger partial charge on any atom is 0.259 e. The second-order valence-corrected chi connectivity index (χ2v) is 5.16. The Hall–Kier alpha value is -3.01. The summed E-state index contributed by atoms with van der Waals surface area (Å²) in [5.74, 6) is -1.43. The Morgan fingerprint density at radius 2 is 1.52 bits per heavy atom. The van der Waals surface area contributed by atoms with Gasteiger partial charge in [0.1, 0.15) is 0 Å². The Balaban J connectivity index is 2.23. The third-order valence-corrected chi connectivity index (χ3v) is 3.27. The molecule has 1 amide bonds. The van der Waals surface area contributed by atoms with E-state index < -0.39 is 11.7 Å². The molecule has 2 aromatic carbocycles. The lowest BCUT2D eigenvalue weighted by atomic mass is 10.0. The fraction of sp³-hybridized carbons (Fsp3) is 0.105. The lowest BCUT2D eigenvalue weighted by Crippen LogP contribution is -2.20. The van der Waals surface area contributed by atoms with Crippen molar-refractivity contribution in [3.63, 3.8) is 0 Å². The quantitative estimate of drug-likeness (QED) is 0.399. The minimum absolute atomic E-state index is 0.167.